The van der Waals surface area contributed by atoms with Crippen LogP contribution in [0.1, 0.15) is 59.1 Å². The highest BCUT2D eigenvalue weighted by atomic mass is 16.6. The maximum absolute atomic E-state index is 12.5. The number of hydrogen-bond acceptors (Lipinski definition) is 5. The monoisotopic (exact) mass is 396 g/mol. The molecule has 5 nitrogen and oxygen atoms in total. The van der Waals surface area contributed by atoms with Crippen LogP contribution in [0.25, 0.3) is 17.0 Å². The maximum atomic E-state index is 12.5. The van der Waals surface area contributed by atoms with Gasteiger partial charge < -0.3 is 13.9 Å². The second-order valence-corrected chi connectivity index (χ2v) is 8.83. The number of esters is 1. The summed E-state index contributed by atoms with van der Waals surface area (Å²) in [5, 5.41) is 0.766. The third kappa shape index (κ3) is 4.00. The molecule has 0 radical (unpaired) electrons. The summed E-state index contributed by atoms with van der Waals surface area (Å²) < 4.78 is 17.4. The number of ether oxygens (including phenoxy) is 2. The van der Waals surface area contributed by atoms with E-state index in [1.165, 1.54) is 6.92 Å². The number of allylic oxidation sites excluding steroid dienone is 1. The van der Waals surface area contributed by atoms with Crippen molar-refractivity contribution in [3.63, 3.8) is 0 Å². The third-order valence-corrected chi connectivity index (χ3v) is 5.26. The Bertz CT molecular complexity index is 1070. The average molecular weight is 396 g/mol. The van der Waals surface area contributed by atoms with Crippen molar-refractivity contribution in [3.8, 4) is 5.75 Å². The molecule has 0 saturated heterocycles. The highest BCUT2D eigenvalue weighted by molar-refractivity contribution is 5.84. The minimum Gasteiger partial charge on any atom is -0.479 e. The topological polar surface area (TPSA) is 65.7 Å². The van der Waals surface area contributed by atoms with Crippen molar-refractivity contribution in [1.82, 2.24) is 0 Å². The summed E-state index contributed by atoms with van der Waals surface area (Å²) in [6.45, 7) is 15.1. The molecular formula is C24H28O5. The Labute approximate surface area is 171 Å². The number of benzene rings is 1. The van der Waals surface area contributed by atoms with Crippen LogP contribution in [0.15, 0.2) is 45.8 Å². The highest BCUT2D eigenvalue weighted by Gasteiger charge is 2.39. The fourth-order valence-electron chi connectivity index (χ4n) is 3.73. The van der Waals surface area contributed by atoms with Gasteiger partial charge in [0.25, 0.3) is 0 Å². The van der Waals surface area contributed by atoms with Gasteiger partial charge in [0.05, 0.1) is 0 Å². The van der Waals surface area contributed by atoms with Crippen LogP contribution >= 0.6 is 0 Å². The molecule has 0 saturated carbocycles. The lowest BCUT2D eigenvalue weighted by Gasteiger charge is -2.37. The largest absolute Gasteiger partial charge is 0.479 e. The molecule has 0 aliphatic carbocycles. The van der Waals surface area contributed by atoms with Crippen LogP contribution in [-0.2, 0) is 14.9 Å². The zero-order valence-electron chi connectivity index (χ0n) is 17.9. The fraction of sp³-hybridized carbons (Fsp3) is 0.417. The minimum absolute atomic E-state index is 0.322. The second kappa shape index (κ2) is 7.21. The molecule has 0 amide bonds. The zero-order valence-corrected chi connectivity index (χ0v) is 17.9. The molecule has 1 aliphatic rings. The summed E-state index contributed by atoms with van der Waals surface area (Å²) in [7, 11) is 0. The summed E-state index contributed by atoms with van der Waals surface area (Å²) in [4.78, 5) is 24.2. The number of rotatable bonds is 5. The molecule has 0 fully saturated rings. The Kier molecular flexibility index (Phi) is 5.20. The molecule has 2 heterocycles. The van der Waals surface area contributed by atoms with E-state index in [1.54, 1.807) is 12.1 Å². The molecule has 0 bridgehead atoms. The van der Waals surface area contributed by atoms with Crippen LogP contribution in [0, 0.1) is 5.92 Å². The molecule has 1 aromatic heterocycles. The highest BCUT2D eigenvalue weighted by Crippen LogP contribution is 2.41. The van der Waals surface area contributed by atoms with Gasteiger partial charge >= 0.3 is 11.6 Å². The van der Waals surface area contributed by atoms with Gasteiger partial charge in [0, 0.05) is 34.9 Å². The quantitative estimate of drug-likeness (QED) is 0.387. The second-order valence-electron chi connectivity index (χ2n) is 8.83. The van der Waals surface area contributed by atoms with Gasteiger partial charge in [-0.15, -0.1) is 6.58 Å². The lowest BCUT2D eigenvalue weighted by molar-refractivity contribution is -0.140. The molecule has 2 aromatic rings. The number of hydrogen-bond donors (Lipinski definition) is 0. The third-order valence-electron chi connectivity index (χ3n) is 5.26. The predicted molar refractivity (Wildman–Crippen MR) is 114 cm³/mol. The van der Waals surface area contributed by atoms with E-state index in [9.17, 15) is 9.59 Å². The van der Waals surface area contributed by atoms with Crippen LogP contribution in [0.4, 0.5) is 0 Å². The molecule has 0 N–H and O–H groups in total. The summed E-state index contributed by atoms with van der Waals surface area (Å²) >= 11 is 0. The van der Waals surface area contributed by atoms with Crippen LogP contribution in [0.5, 0.6) is 5.75 Å². The van der Waals surface area contributed by atoms with Crippen LogP contribution in [0.2, 0.25) is 0 Å². The van der Waals surface area contributed by atoms with E-state index in [0.717, 1.165) is 10.9 Å². The standard InChI is InChI=1S/C24H28O5/c1-8-23(5,6)18-10-16-9-17-11-21(27-15(4)25)24(7,13-14(2)3)29-20(17)12-19(16)28-22(18)26/h8-12,14H,1,13H2,2-7H3/t24-/m0/s1. The zero-order chi connectivity index (χ0) is 21.6. The summed E-state index contributed by atoms with van der Waals surface area (Å²) in [5.74, 6) is 1.01. The Hall–Kier alpha value is -2.82. The van der Waals surface area contributed by atoms with Crippen molar-refractivity contribution in [2.45, 2.75) is 59.0 Å². The van der Waals surface area contributed by atoms with Gasteiger partial charge in [-0.3, -0.25) is 4.79 Å². The van der Waals surface area contributed by atoms with Gasteiger partial charge in [-0.2, -0.15) is 0 Å². The van der Waals surface area contributed by atoms with E-state index in [1.807, 2.05) is 39.0 Å². The van der Waals surface area contributed by atoms with Crippen LogP contribution in [0.3, 0.4) is 0 Å². The van der Waals surface area contributed by atoms with Gasteiger partial charge in [0.2, 0.25) is 0 Å². The number of carbonyl (C=O) groups is 1. The lowest BCUT2D eigenvalue weighted by Crippen LogP contribution is -2.39. The first kappa shape index (κ1) is 20.9. The Morgan fingerprint density at radius 3 is 2.59 bits per heavy atom. The first-order valence-corrected chi connectivity index (χ1v) is 9.81. The van der Waals surface area contributed by atoms with Crippen LogP contribution in [-0.4, -0.2) is 11.6 Å². The van der Waals surface area contributed by atoms with Crippen molar-refractivity contribution >= 4 is 23.0 Å². The first-order valence-electron chi connectivity index (χ1n) is 9.81. The van der Waals surface area contributed by atoms with E-state index in [0.29, 0.717) is 35.0 Å². The molecule has 154 valence electrons. The van der Waals surface area contributed by atoms with Crippen molar-refractivity contribution in [2.75, 3.05) is 0 Å². The maximum Gasteiger partial charge on any atom is 0.340 e. The molecule has 29 heavy (non-hydrogen) atoms. The van der Waals surface area contributed by atoms with Crippen molar-refractivity contribution in [2.24, 2.45) is 5.92 Å². The summed E-state index contributed by atoms with van der Waals surface area (Å²) in [5.41, 5.74) is 0.0611. The van der Waals surface area contributed by atoms with Crippen molar-refractivity contribution in [1.29, 1.82) is 0 Å². The Morgan fingerprint density at radius 2 is 2.00 bits per heavy atom. The van der Waals surface area contributed by atoms with E-state index >= 15 is 0 Å². The average Bonchev–Trinajstić information content (AvgIpc) is 2.59. The smallest absolute Gasteiger partial charge is 0.340 e. The molecule has 0 spiro atoms. The Morgan fingerprint density at radius 1 is 1.31 bits per heavy atom. The predicted octanol–water partition coefficient (Wildman–Crippen LogP) is 5.36. The van der Waals surface area contributed by atoms with Crippen LogP contribution < -0.4 is 10.4 Å². The van der Waals surface area contributed by atoms with E-state index < -0.39 is 11.0 Å². The van der Waals surface area contributed by atoms with Gasteiger partial charge in [0.15, 0.2) is 11.4 Å². The van der Waals surface area contributed by atoms with Crippen molar-refractivity contribution < 1.29 is 18.7 Å². The molecule has 0 unspecified atom stereocenters. The van der Waals surface area contributed by atoms with Gasteiger partial charge in [-0.1, -0.05) is 33.8 Å². The molecular weight excluding hydrogens is 368 g/mol. The first-order chi connectivity index (χ1) is 13.4. The molecule has 1 atom stereocenters. The van der Waals surface area contributed by atoms with Gasteiger partial charge in [-0.25, -0.2) is 4.79 Å². The SMILES string of the molecule is C=CC(C)(C)c1cc2cc3c(cc2oc1=O)O[C@@](C)(CC(C)C)C(OC(C)=O)=C3. The lowest BCUT2D eigenvalue weighted by atomic mass is 9.85. The van der Waals surface area contributed by atoms with E-state index in [2.05, 4.69) is 20.4 Å². The molecule has 1 aliphatic heterocycles. The summed E-state index contributed by atoms with van der Waals surface area (Å²) in [6.07, 6.45) is 4.23. The minimum atomic E-state index is -0.786. The normalized spacial score (nSPS) is 18.8. The van der Waals surface area contributed by atoms with E-state index in [4.69, 9.17) is 13.9 Å². The summed E-state index contributed by atoms with van der Waals surface area (Å²) in [6, 6.07) is 5.44. The fourth-order valence-corrected chi connectivity index (χ4v) is 3.73. The number of carbonyl (C=O) groups excluding carboxylic acids is 1. The molecule has 3 rings (SSSR count). The van der Waals surface area contributed by atoms with Gasteiger partial charge in [0.1, 0.15) is 11.3 Å². The van der Waals surface area contributed by atoms with Gasteiger partial charge in [-0.05, 0) is 37.5 Å². The number of fused-ring (bicyclic) bond motifs is 2. The van der Waals surface area contributed by atoms with E-state index in [-0.39, 0.29) is 11.6 Å². The molecule has 1 aromatic carbocycles. The van der Waals surface area contributed by atoms with Crippen molar-refractivity contribution in [3.05, 3.63) is 58.2 Å². The molecule has 5 heteroatoms. The Balaban J connectivity index is 2.19.